The number of carbonyl (C=O) groups is 1. The van der Waals surface area contributed by atoms with Gasteiger partial charge in [-0.2, -0.15) is 5.26 Å². The highest BCUT2D eigenvalue weighted by atomic mass is 16.2. The first-order valence-electron chi connectivity index (χ1n) is 8.32. The molecule has 3 rings (SSSR count). The Bertz CT molecular complexity index is 609. The molecule has 0 aliphatic carbocycles. The fourth-order valence-electron chi connectivity index (χ4n) is 3.94. The lowest BCUT2D eigenvalue weighted by molar-refractivity contribution is 0.0279. The van der Waals surface area contributed by atoms with Gasteiger partial charge in [0.1, 0.15) is 11.8 Å². The number of amides is 1. The SMILES string of the molecule is CN1CCCN(C)C2(CCN(C(=O)c3cc(C#N)c[nH]3)CC2)C1. The summed E-state index contributed by atoms with van der Waals surface area (Å²) in [4.78, 5) is 22.3. The van der Waals surface area contributed by atoms with Crippen LogP contribution in [0.5, 0.6) is 0 Å². The lowest BCUT2D eigenvalue weighted by Crippen LogP contribution is -2.58. The van der Waals surface area contributed by atoms with E-state index >= 15 is 0 Å². The van der Waals surface area contributed by atoms with Gasteiger partial charge in [0.25, 0.3) is 5.91 Å². The van der Waals surface area contributed by atoms with Crippen LogP contribution in [-0.4, -0.2) is 77.9 Å². The zero-order valence-corrected chi connectivity index (χ0v) is 14.0. The predicted molar refractivity (Wildman–Crippen MR) is 88.1 cm³/mol. The van der Waals surface area contributed by atoms with Gasteiger partial charge < -0.3 is 14.8 Å². The van der Waals surface area contributed by atoms with E-state index in [1.54, 1.807) is 12.3 Å². The largest absolute Gasteiger partial charge is 0.356 e. The number of nitrogens with one attached hydrogen (secondary N) is 1. The van der Waals surface area contributed by atoms with Crippen LogP contribution in [0.4, 0.5) is 0 Å². The number of nitriles is 1. The van der Waals surface area contributed by atoms with Crippen molar-refractivity contribution in [3.8, 4) is 6.07 Å². The topological polar surface area (TPSA) is 66.4 Å². The number of nitrogens with zero attached hydrogens (tertiary/aromatic N) is 4. The number of carbonyl (C=O) groups excluding carboxylic acids is 1. The number of aromatic amines is 1. The van der Waals surface area contributed by atoms with E-state index in [2.05, 4.69) is 34.9 Å². The van der Waals surface area contributed by atoms with Gasteiger partial charge in [-0.05, 0) is 52.5 Å². The quantitative estimate of drug-likeness (QED) is 0.843. The maximum atomic E-state index is 12.6. The molecule has 23 heavy (non-hydrogen) atoms. The number of likely N-dealkylation sites (tertiary alicyclic amines) is 1. The van der Waals surface area contributed by atoms with Crippen LogP contribution in [0.25, 0.3) is 0 Å². The van der Waals surface area contributed by atoms with E-state index in [1.807, 2.05) is 4.90 Å². The van der Waals surface area contributed by atoms with Gasteiger partial charge in [0.2, 0.25) is 0 Å². The molecule has 1 amide bonds. The Kier molecular flexibility index (Phi) is 4.42. The van der Waals surface area contributed by atoms with E-state index in [4.69, 9.17) is 5.26 Å². The second kappa shape index (κ2) is 6.34. The molecule has 6 heteroatoms. The summed E-state index contributed by atoms with van der Waals surface area (Å²) in [5.41, 5.74) is 1.21. The van der Waals surface area contributed by atoms with Crippen molar-refractivity contribution in [1.29, 1.82) is 5.26 Å². The van der Waals surface area contributed by atoms with E-state index in [0.29, 0.717) is 11.3 Å². The first-order valence-corrected chi connectivity index (χ1v) is 8.32. The van der Waals surface area contributed by atoms with Gasteiger partial charge in [-0.1, -0.05) is 0 Å². The molecule has 1 spiro atoms. The molecule has 1 aromatic heterocycles. The first kappa shape index (κ1) is 16.0. The number of H-pyrrole nitrogens is 1. The Morgan fingerprint density at radius 2 is 2.00 bits per heavy atom. The van der Waals surface area contributed by atoms with E-state index in [1.165, 1.54) is 6.42 Å². The fraction of sp³-hybridized carbons (Fsp3) is 0.647. The fourth-order valence-corrected chi connectivity index (χ4v) is 3.94. The Morgan fingerprint density at radius 3 is 2.65 bits per heavy atom. The highest BCUT2D eigenvalue weighted by Crippen LogP contribution is 2.31. The van der Waals surface area contributed by atoms with Crippen LogP contribution in [0.3, 0.4) is 0 Å². The summed E-state index contributed by atoms with van der Waals surface area (Å²) in [6, 6.07) is 3.69. The first-order chi connectivity index (χ1) is 11.0. The van der Waals surface area contributed by atoms with Crippen LogP contribution in [0.1, 0.15) is 35.3 Å². The standard InChI is InChI=1S/C17H25N5O/c1-20-6-3-7-21(2)17(13-20)4-8-22(9-5-17)16(23)15-10-14(11-18)12-19-15/h10,12,19H,3-9,13H2,1-2H3. The molecule has 124 valence electrons. The van der Waals surface area contributed by atoms with Gasteiger partial charge in [0, 0.05) is 31.4 Å². The van der Waals surface area contributed by atoms with Crippen molar-refractivity contribution in [2.24, 2.45) is 0 Å². The normalized spacial score (nSPS) is 22.7. The lowest BCUT2D eigenvalue weighted by atomic mass is 9.85. The molecule has 0 atom stereocenters. The van der Waals surface area contributed by atoms with E-state index in [0.717, 1.165) is 45.6 Å². The van der Waals surface area contributed by atoms with Crippen molar-refractivity contribution in [3.05, 3.63) is 23.5 Å². The van der Waals surface area contributed by atoms with Crippen LogP contribution in [0.2, 0.25) is 0 Å². The maximum Gasteiger partial charge on any atom is 0.270 e. The summed E-state index contributed by atoms with van der Waals surface area (Å²) in [5.74, 6) is 0.00554. The number of aromatic nitrogens is 1. The second-order valence-electron chi connectivity index (χ2n) is 6.94. The van der Waals surface area contributed by atoms with Crippen molar-refractivity contribution in [2.75, 3.05) is 46.8 Å². The summed E-state index contributed by atoms with van der Waals surface area (Å²) in [7, 11) is 4.42. The van der Waals surface area contributed by atoms with Crippen molar-refractivity contribution in [1.82, 2.24) is 19.7 Å². The van der Waals surface area contributed by atoms with Crippen molar-refractivity contribution in [2.45, 2.75) is 24.8 Å². The summed E-state index contributed by atoms with van der Waals surface area (Å²) in [6.45, 7) is 4.90. The van der Waals surface area contributed by atoms with E-state index in [9.17, 15) is 4.79 Å². The molecular weight excluding hydrogens is 290 g/mol. The smallest absolute Gasteiger partial charge is 0.270 e. The molecule has 1 N–H and O–H groups in total. The lowest BCUT2D eigenvalue weighted by Gasteiger charge is -2.47. The molecule has 2 aliphatic rings. The van der Waals surface area contributed by atoms with Crippen molar-refractivity contribution >= 4 is 5.91 Å². The number of piperidine rings is 1. The summed E-state index contributed by atoms with van der Waals surface area (Å²) < 4.78 is 0. The average Bonchev–Trinajstić information content (AvgIpc) is 2.99. The molecule has 1 aromatic rings. The molecule has 2 saturated heterocycles. The minimum absolute atomic E-state index is 0.00554. The Hall–Kier alpha value is -1.84. The monoisotopic (exact) mass is 315 g/mol. The summed E-state index contributed by atoms with van der Waals surface area (Å²) in [6.07, 6.45) is 4.81. The molecule has 2 aliphatic heterocycles. The molecule has 6 nitrogen and oxygen atoms in total. The molecule has 0 aromatic carbocycles. The van der Waals surface area contributed by atoms with Crippen molar-refractivity contribution in [3.63, 3.8) is 0 Å². The number of hydrogen-bond donors (Lipinski definition) is 1. The molecule has 3 heterocycles. The van der Waals surface area contributed by atoms with Gasteiger partial charge in [0.15, 0.2) is 0 Å². The third kappa shape index (κ3) is 3.12. The second-order valence-corrected chi connectivity index (χ2v) is 6.94. The van der Waals surface area contributed by atoms with Crippen LogP contribution < -0.4 is 0 Å². The highest BCUT2D eigenvalue weighted by Gasteiger charge is 2.41. The number of rotatable bonds is 1. The van der Waals surface area contributed by atoms with Gasteiger partial charge in [-0.25, -0.2) is 0 Å². The molecule has 0 bridgehead atoms. The molecule has 0 unspecified atom stereocenters. The average molecular weight is 315 g/mol. The molecular formula is C17H25N5O. The Balaban J connectivity index is 1.67. The number of likely N-dealkylation sites (N-methyl/N-ethyl adjacent to an activating group) is 2. The Morgan fingerprint density at radius 1 is 1.26 bits per heavy atom. The predicted octanol–water partition coefficient (Wildman–Crippen LogP) is 1.13. The van der Waals surface area contributed by atoms with Crippen molar-refractivity contribution < 1.29 is 4.79 Å². The van der Waals surface area contributed by atoms with Gasteiger partial charge in [0.05, 0.1) is 5.56 Å². The maximum absolute atomic E-state index is 12.6. The summed E-state index contributed by atoms with van der Waals surface area (Å²) >= 11 is 0. The minimum Gasteiger partial charge on any atom is -0.356 e. The highest BCUT2D eigenvalue weighted by molar-refractivity contribution is 5.93. The minimum atomic E-state index is 0.00554. The molecule has 0 saturated carbocycles. The molecule has 2 fully saturated rings. The van der Waals surface area contributed by atoms with Crippen LogP contribution in [-0.2, 0) is 0 Å². The van der Waals surface area contributed by atoms with Gasteiger partial charge >= 0.3 is 0 Å². The molecule has 0 radical (unpaired) electrons. The Labute approximate surface area is 137 Å². The zero-order chi connectivity index (χ0) is 16.4. The van der Waals surface area contributed by atoms with E-state index < -0.39 is 0 Å². The van der Waals surface area contributed by atoms with Crippen LogP contribution in [0, 0.1) is 11.3 Å². The van der Waals surface area contributed by atoms with Gasteiger partial charge in [-0.3, -0.25) is 9.69 Å². The summed E-state index contributed by atoms with van der Waals surface area (Å²) in [5, 5.41) is 8.88. The zero-order valence-electron chi connectivity index (χ0n) is 14.0. The third-order valence-electron chi connectivity index (χ3n) is 5.43. The third-order valence-corrected chi connectivity index (χ3v) is 5.43. The van der Waals surface area contributed by atoms with Crippen LogP contribution in [0.15, 0.2) is 12.3 Å². The van der Waals surface area contributed by atoms with Gasteiger partial charge in [-0.15, -0.1) is 0 Å². The van der Waals surface area contributed by atoms with Crippen LogP contribution >= 0.6 is 0 Å². The number of hydrogen-bond acceptors (Lipinski definition) is 4. The van der Waals surface area contributed by atoms with E-state index in [-0.39, 0.29) is 11.4 Å².